The molecule has 1 aliphatic carbocycles. The highest BCUT2D eigenvalue weighted by Gasteiger charge is 2.38. The van der Waals surface area contributed by atoms with Crippen molar-refractivity contribution in [1.82, 2.24) is 0 Å². The van der Waals surface area contributed by atoms with Crippen LogP contribution >= 0.6 is 11.6 Å². The number of hydrogen-bond acceptors (Lipinski definition) is 3. The molecule has 5 heteroatoms. The van der Waals surface area contributed by atoms with Gasteiger partial charge in [-0.05, 0) is 25.1 Å². The van der Waals surface area contributed by atoms with Crippen molar-refractivity contribution in [2.24, 2.45) is 0 Å². The SMILES string of the molecule is Cc1ccc[n+](C2=C(Nc3ccccc3Cl)C(=O)c3ccccc3C2=O)c1. The first-order valence-electron chi connectivity index (χ1n) is 8.49. The first kappa shape index (κ1) is 17.2. The lowest BCUT2D eigenvalue weighted by Crippen LogP contribution is -2.42. The van der Waals surface area contributed by atoms with Crippen molar-refractivity contribution in [3.8, 4) is 0 Å². The second-order valence-corrected chi connectivity index (χ2v) is 6.73. The van der Waals surface area contributed by atoms with E-state index >= 15 is 0 Å². The Morgan fingerprint density at radius 3 is 2.22 bits per heavy atom. The Bertz CT molecular complexity index is 1120. The monoisotopic (exact) mass is 375 g/mol. The highest BCUT2D eigenvalue weighted by atomic mass is 35.5. The van der Waals surface area contributed by atoms with Crippen LogP contribution in [0.25, 0.3) is 5.70 Å². The van der Waals surface area contributed by atoms with E-state index in [1.54, 1.807) is 53.2 Å². The van der Waals surface area contributed by atoms with Gasteiger partial charge in [0.05, 0.1) is 10.7 Å². The van der Waals surface area contributed by atoms with Gasteiger partial charge in [-0.15, -0.1) is 0 Å². The molecule has 4 nitrogen and oxygen atoms in total. The molecule has 2 aromatic carbocycles. The number of aryl methyl sites for hydroxylation is 1. The normalized spacial score (nSPS) is 13.6. The standard InChI is InChI=1S/C22H15ClN2O2/c1-14-7-6-12-25(13-14)20-19(24-18-11-5-4-10-17(18)23)21(26)15-8-2-3-9-16(15)22(20)27/h2-13H,1H3/p+1. The van der Waals surface area contributed by atoms with Gasteiger partial charge in [-0.1, -0.05) is 48.0 Å². The maximum atomic E-state index is 13.3. The summed E-state index contributed by atoms with van der Waals surface area (Å²) in [6.45, 7) is 1.93. The predicted octanol–water partition coefficient (Wildman–Crippen LogP) is 4.30. The van der Waals surface area contributed by atoms with Crippen molar-refractivity contribution in [3.63, 3.8) is 0 Å². The lowest BCUT2D eigenvalue weighted by atomic mass is 9.90. The van der Waals surface area contributed by atoms with Gasteiger partial charge in [0.25, 0.3) is 11.5 Å². The number of rotatable bonds is 3. The summed E-state index contributed by atoms with van der Waals surface area (Å²) in [5.41, 5.74) is 2.82. The molecule has 0 aliphatic heterocycles. The van der Waals surface area contributed by atoms with Crippen LogP contribution in [-0.4, -0.2) is 11.6 Å². The van der Waals surface area contributed by atoms with Crippen LogP contribution in [0.5, 0.6) is 0 Å². The Kier molecular flexibility index (Phi) is 4.34. The Hall–Kier alpha value is -3.24. The summed E-state index contributed by atoms with van der Waals surface area (Å²) < 4.78 is 1.69. The van der Waals surface area contributed by atoms with Crippen molar-refractivity contribution in [1.29, 1.82) is 0 Å². The van der Waals surface area contributed by atoms with Crippen molar-refractivity contribution in [2.45, 2.75) is 6.92 Å². The number of nitrogens with zero attached hydrogens (tertiary/aromatic N) is 1. The maximum Gasteiger partial charge on any atom is 0.286 e. The third-order valence-electron chi connectivity index (χ3n) is 4.44. The Morgan fingerprint density at radius 2 is 1.52 bits per heavy atom. The first-order chi connectivity index (χ1) is 13.1. The lowest BCUT2D eigenvalue weighted by Gasteiger charge is -2.19. The molecule has 3 aromatic rings. The van der Waals surface area contributed by atoms with Gasteiger partial charge in [0.1, 0.15) is 0 Å². The molecule has 27 heavy (non-hydrogen) atoms. The second-order valence-electron chi connectivity index (χ2n) is 6.32. The minimum absolute atomic E-state index is 0.211. The van der Waals surface area contributed by atoms with Gasteiger partial charge in [-0.2, -0.15) is 4.57 Å². The maximum absolute atomic E-state index is 13.3. The number of pyridine rings is 1. The number of aromatic nitrogens is 1. The van der Waals surface area contributed by atoms with Crippen LogP contribution in [0.2, 0.25) is 5.02 Å². The third kappa shape index (κ3) is 3.04. The van der Waals surface area contributed by atoms with Gasteiger partial charge in [-0.25, -0.2) is 0 Å². The Labute approximate surface area is 161 Å². The molecular formula is C22H16ClN2O2+. The zero-order chi connectivity index (χ0) is 19.0. The molecule has 0 saturated carbocycles. The number of anilines is 1. The number of nitrogens with one attached hydrogen (secondary N) is 1. The van der Waals surface area contributed by atoms with Crippen LogP contribution in [0.3, 0.4) is 0 Å². The summed E-state index contributed by atoms with van der Waals surface area (Å²) in [5, 5.41) is 3.56. The molecule has 0 fully saturated rings. The number of ketones is 2. The molecule has 4 rings (SSSR count). The van der Waals surface area contributed by atoms with Gasteiger partial charge in [0, 0.05) is 22.8 Å². The second kappa shape index (κ2) is 6.82. The quantitative estimate of drug-likeness (QED) is 0.694. The molecule has 0 atom stereocenters. The number of allylic oxidation sites excluding steroid dienone is 2. The minimum Gasteiger partial charge on any atom is -0.345 e. The van der Waals surface area contributed by atoms with Crippen LogP contribution in [0.4, 0.5) is 5.69 Å². The van der Waals surface area contributed by atoms with Gasteiger partial charge in [0.15, 0.2) is 18.1 Å². The molecule has 1 aliphatic rings. The number of Topliss-reactive ketones (excluding diaryl/α,β-unsaturated/α-hetero) is 2. The molecule has 1 N–H and O–H groups in total. The fraction of sp³-hybridized carbons (Fsp3) is 0.0455. The summed E-state index contributed by atoms with van der Waals surface area (Å²) in [6, 6.07) is 17.8. The van der Waals surface area contributed by atoms with Crippen LogP contribution in [0.15, 0.2) is 78.8 Å². The first-order valence-corrected chi connectivity index (χ1v) is 8.86. The van der Waals surface area contributed by atoms with E-state index in [-0.39, 0.29) is 23.0 Å². The molecule has 0 amide bonds. The van der Waals surface area contributed by atoms with E-state index in [4.69, 9.17) is 11.6 Å². The van der Waals surface area contributed by atoms with Crippen molar-refractivity contribution >= 4 is 34.6 Å². The van der Waals surface area contributed by atoms with E-state index in [0.717, 1.165) is 5.56 Å². The highest BCUT2D eigenvalue weighted by Crippen LogP contribution is 2.30. The van der Waals surface area contributed by atoms with Crippen molar-refractivity contribution in [2.75, 3.05) is 5.32 Å². The number of fused-ring (bicyclic) bond motifs is 1. The summed E-state index contributed by atoms with van der Waals surface area (Å²) in [7, 11) is 0. The molecule has 1 aromatic heterocycles. The van der Waals surface area contributed by atoms with Gasteiger partial charge < -0.3 is 5.32 Å². The lowest BCUT2D eigenvalue weighted by molar-refractivity contribution is -0.577. The molecule has 0 radical (unpaired) electrons. The number of hydrogen-bond donors (Lipinski definition) is 1. The van der Waals surface area contributed by atoms with E-state index in [1.807, 2.05) is 31.3 Å². The van der Waals surface area contributed by atoms with Crippen molar-refractivity contribution in [3.05, 3.63) is 100 Å². The van der Waals surface area contributed by atoms with Gasteiger partial charge in [0.2, 0.25) is 5.78 Å². The number of carbonyl (C=O) groups excluding carboxylic acids is 2. The summed E-state index contributed by atoms with van der Waals surface area (Å²) >= 11 is 6.26. The zero-order valence-corrected chi connectivity index (χ0v) is 15.3. The van der Waals surface area contributed by atoms with Crippen LogP contribution < -0.4 is 9.88 Å². The molecule has 0 unspecified atom stereocenters. The third-order valence-corrected chi connectivity index (χ3v) is 4.77. The smallest absolute Gasteiger partial charge is 0.286 e. The largest absolute Gasteiger partial charge is 0.345 e. The Balaban J connectivity index is 1.95. The summed E-state index contributed by atoms with van der Waals surface area (Å²) in [5.74, 6) is -0.454. The van der Waals surface area contributed by atoms with Crippen LogP contribution in [0, 0.1) is 6.92 Å². The number of halogens is 1. The van der Waals surface area contributed by atoms with Gasteiger partial charge in [-0.3, -0.25) is 9.59 Å². The summed E-state index contributed by atoms with van der Waals surface area (Å²) in [6.07, 6.45) is 3.58. The zero-order valence-electron chi connectivity index (χ0n) is 14.6. The van der Waals surface area contributed by atoms with Gasteiger partial charge >= 0.3 is 0 Å². The molecule has 0 spiro atoms. The average Bonchev–Trinajstić information content (AvgIpc) is 2.67. The van der Waals surface area contributed by atoms with E-state index in [2.05, 4.69) is 5.32 Å². The number of carbonyl (C=O) groups is 2. The molecule has 0 saturated heterocycles. The molecule has 1 heterocycles. The highest BCUT2D eigenvalue weighted by molar-refractivity contribution is 6.37. The topological polar surface area (TPSA) is 50.1 Å². The van der Waals surface area contributed by atoms with E-state index in [9.17, 15) is 9.59 Å². The Morgan fingerprint density at radius 1 is 0.852 bits per heavy atom. The predicted molar refractivity (Wildman–Crippen MR) is 105 cm³/mol. The van der Waals surface area contributed by atoms with Crippen LogP contribution in [0.1, 0.15) is 26.3 Å². The van der Waals surface area contributed by atoms with Crippen molar-refractivity contribution < 1.29 is 14.2 Å². The van der Waals surface area contributed by atoms with E-state index < -0.39 is 0 Å². The molecule has 0 bridgehead atoms. The number of para-hydroxylation sites is 1. The minimum atomic E-state index is -0.242. The summed E-state index contributed by atoms with van der Waals surface area (Å²) in [4.78, 5) is 26.5. The number of benzene rings is 2. The van der Waals surface area contributed by atoms with Crippen LogP contribution in [-0.2, 0) is 0 Å². The van der Waals surface area contributed by atoms with E-state index in [0.29, 0.717) is 21.8 Å². The molecular weight excluding hydrogens is 360 g/mol. The fourth-order valence-corrected chi connectivity index (χ4v) is 3.34. The van der Waals surface area contributed by atoms with E-state index in [1.165, 1.54) is 0 Å². The molecule has 132 valence electrons. The fourth-order valence-electron chi connectivity index (χ4n) is 3.15. The average molecular weight is 376 g/mol.